The van der Waals surface area contributed by atoms with E-state index in [1.54, 1.807) is 4.68 Å². The lowest BCUT2D eigenvalue weighted by Gasteiger charge is -2.45. The highest BCUT2D eigenvalue weighted by Crippen LogP contribution is 2.33. The molecule has 3 fully saturated rings. The molecule has 0 aromatic carbocycles. The van der Waals surface area contributed by atoms with Crippen molar-refractivity contribution in [3.63, 3.8) is 0 Å². The molecule has 0 unspecified atom stereocenters. The number of hydrogen-bond donors (Lipinski definition) is 0. The van der Waals surface area contributed by atoms with Crippen LogP contribution in [0.3, 0.4) is 0 Å². The first-order chi connectivity index (χ1) is 11.8. The lowest BCUT2D eigenvalue weighted by atomic mass is 9.83. The minimum absolute atomic E-state index is 0.0878. The molecule has 2 aliphatic heterocycles. The zero-order valence-electron chi connectivity index (χ0n) is 14.8. The van der Waals surface area contributed by atoms with Crippen LogP contribution in [0, 0.1) is 12.8 Å². The van der Waals surface area contributed by atoms with Crippen LogP contribution in [0.5, 0.6) is 0 Å². The van der Waals surface area contributed by atoms with Gasteiger partial charge in [0.05, 0.1) is 24.1 Å². The van der Waals surface area contributed by atoms with Crippen LogP contribution >= 0.6 is 0 Å². The molecule has 0 spiro atoms. The summed E-state index contributed by atoms with van der Waals surface area (Å²) < 4.78 is 26.3. The Bertz CT molecular complexity index is 786. The molecular weight excluding hydrogens is 342 g/mol. The number of carbonyl (C=O) groups excluding carboxylic acids is 1. The van der Waals surface area contributed by atoms with Gasteiger partial charge in [-0.05, 0) is 19.8 Å². The fourth-order valence-electron chi connectivity index (χ4n) is 4.26. The molecule has 3 heterocycles. The van der Waals surface area contributed by atoms with Crippen molar-refractivity contribution >= 4 is 15.7 Å². The third kappa shape index (κ3) is 3.08. The minimum atomic E-state index is -3.12. The first-order valence-electron chi connectivity index (χ1n) is 8.95. The summed E-state index contributed by atoms with van der Waals surface area (Å²) in [4.78, 5) is 21.2. The number of hydrogen-bond acceptors (Lipinski definition) is 6. The predicted molar refractivity (Wildman–Crippen MR) is 91.4 cm³/mol. The summed E-state index contributed by atoms with van der Waals surface area (Å²) in [7, 11) is -1.26. The van der Waals surface area contributed by atoms with Crippen LogP contribution in [-0.4, -0.2) is 75.6 Å². The summed E-state index contributed by atoms with van der Waals surface area (Å²) in [6.07, 6.45) is 3.00. The Balaban J connectivity index is 1.56. The number of sulfone groups is 1. The second-order valence-electron chi connectivity index (χ2n) is 7.54. The Morgan fingerprint density at radius 3 is 2.52 bits per heavy atom. The molecule has 2 atom stereocenters. The van der Waals surface area contributed by atoms with Crippen molar-refractivity contribution in [3.05, 3.63) is 11.6 Å². The third-order valence-corrected chi connectivity index (χ3v) is 7.53. The number of fused-ring (bicyclic) bond motifs is 1. The van der Waals surface area contributed by atoms with Crippen molar-refractivity contribution in [3.8, 4) is 0 Å². The first kappa shape index (κ1) is 17.0. The van der Waals surface area contributed by atoms with E-state index in [9.17, 15) is 13.2 Å². The van der Waals surface area contributed by atoms with Crippen molar-refractivity contribution in [1.82, 2.24) is 24.6 Å². The number of aromatic nitrogens is 3. The molecule has 1 aromatic heterocycles. The normalized spacial score (nSPS) is 29.4. The molecule has 0 bridgehead atoms. The molecule has 4 rings (SSSR count). The molecular formula is C16H25N5O3S. The highest BCUT2D eigenvalue weighted by molar-refractivity contribution is 7.91. The number of amides is 1. The Morgan fingerprint density at radius 1 is 1.20 bits per heavy atom. The van der Waals surface area contributed by atoms with Crippen LogP contribution in [0.25, 0.3) is 0 Å². The second-order valence-corrected chi connectivity index (χ2v) is 9.69. The lowest BCUT2D eigenvalue weighted by molar-refractivity contribution is -0.144. The first-order valence-corrected chi connectivity index (χ1v) is 10.8. The van der Waals surface area contributed by atoms with Gasteiger partial charge in [-0.25, -0.2) is 13.4 Å². The Kier molecular flexibility index (Phi) is 4.10. The van der Waals surface area contributed by atoms with Gasteiger partial charge < -0.3 is 4.90 Å². The predicted octanol–water partition coefficient (Wildman–Crippen LogP) is -0.267. The van der Waals surface area contributed by atoms with Gasteiger partial charge >= 0.3 is 0 Å². The zero-order chi connectivity index (χ0) is 17.8. The smallest absolute Gasteiger partial charge is 0.226 e. The van der Waals surface area contributed by atoms with Crippen LogP contribution in [-0.2, 0) is 28.2 Å². The van der Waals surface area contributed by atoms with Crippen LogP contribution in [0.1, 0.15) is 30.9 Å². The van der Waals surface area contributed by atoms with Crippen molar-refractivity contribution < 1.29 is 13.2 Å². The summed E-state index contributed by atoms with van der Waals surface area (Å²) in [6, 6.07) is -0.360. The molecule has 0 radical (unpaired) electrons. The summed E-state index contributed by atoms with van der Waals surface area (Å²) >= 11 is 0. The number of rotatable bonds is 3. The summed E-state index contributed by atoms with van der Waals surface area (Å²) in [6.45, 7) is 3.70. The van der Waals surface area contributed by atoms with Gasteiger partial charge in [0.15, 0.2) is 9.84 Å². The van der Waals surface area contributed by atoms with Crippen LogP contribution in [0.2, 0.25) is 0 Å². The molecule has 0 N–H and O–H groups in total. The van der Waals surface area contributed by atoms with E-state index in [1.807, 2.05) is 18.9 Å². The van der Waals surface area contributed by atoms with E-state index in [2.05, 4.69) is 15.0 Å². The van der Waals surface area contributed by atoms with E-state index < -0.39 is 9.84 Å². The van der Waals surface area contributed by atoms with E-state index in [4.69, 9.17) is 0 Å². The van der Waals surface area contributed by atoms with E-state index in [0.29, 0.717) is 25.5 Å². The molecule has 9 heteroatoms. The molecule has 138 valence electrons. The van der Waals surface area contributed by atoms with E-state index in [-0.39, 0.29) is 35.4 Å². The highest BCUT2D eigenvalue weighted by atomic mass is 32.2. The number of piperazine rings is 1. The van der Waals surface area contributed by atoms with Gasteiger partial charge in [-0.3, -0.25) is 14.4 Å². The number of carbonyl (C=O) groups is 1. The van der Waals surface area contributed by atoms with Crippen molar-refractivity contribution in [1.29, 1.82) is 0 Å². The van der Waals surface area contributed by atoms with Gasteiger partial charge in [-0.15, -0.1) is 0 Å². The fourth-order valence-corrected chi connectivity index (χ4v) is 6.27. The molecule has 1 aromatic rings. The highest BCUT2D eigenvalue weighted by Gasteiger charge is 2.49. The average Bonchev–Trinajstić information content (AvgIpc) is 2.95. The molecule has 3 aliphatic rings. The molecule has 8 nitrogen and oxygen atoms in total. The number of aryl methyl sites for hydroxylation is 2. The van der Waals surface area contributed by atoms with Gasteiger partial charge in [-0.1, -0.05) is 6.42 Å². The Labute approximate surface area is 148 Å². The van der Waals surface area contributed by atoms with Gasteiger partial charge in [-0.2, -0.15) is 5.10 Å². The molecule has 1 saturated carbocycles. The maximum absolute atomic E-state index is 12.7. The van der Waals surface area contributed by atoms with E-state index in [1.165, 1.54) is 0 Å². The van der Waals surface area contributed by atoms with E-state index >= 15 is 0 Å². The summed E-state index contributed by atoms with van der Waals surface area (Å²) in [5.74, 6) is 2.03. The maximum atomic E-state index is 12.7. The molecule has 1 aliphatic carbocycles. The van der Waals surface area contributed by atoms with Crippen LogP contribution in [0.15, 0.2) is 0 Å². The largest absolute Gasteiger partial charge is 0.336 e. The van der Waals surface area contributed by atoms with Gasteiger partial charge in [0, 0.05) is 32.1 Å². The number of nitrogens with zero attached hydrogens (tertiary/aromatic N) is 5. The van der Waals surface area contributed by atoms with Crippen molar-refractivity contribution in [2.24, 2.45) is 13.0 Å². The Morgan fingerprint density at radius 2 is 1.92 bits per heavy atom. The van der Waals surface area contributed by atoms with Crippen LogP contribution < -0.4 is 0 Å². The topological polar surface area (TPSA) is 88.4 Å². The SMILES string of the molecule is Cc1nc(CN2CCN(C(=O)C3CCC3)[C@@H]3CS(=O)(=O)C[C@@H]32)n(C)n1. The van der Waals surface area contributed by atoms with Crippen molar-refractivity contribution in [2.75, 3.05) is 24.6 Å². The Hall–Kier alpha value is -1.48. The quantitative estimate of drug-likeness (QED) is 0.731. The monoisotopic (exact) mass is 367 g/mol. The van der Waals surface area contributed by atoms with Gasteiger partial charge in [0.25, 0.3) is 0 Å². The molecule has 2 saturated heterocycles. The summed E-state index contributed by atoms with van der Waals surface area (Å²) in [5.41, 5.74) is 0. The fraction of sp³-hybridized carbons (Fsp3) is 0.812. The standard InChI is InChI=1S/C16H25N5O3S/c1-11-17-15(19(2)18-11)8-20-6-7-21(16(22)12-4-3-5-12)14-10-25(23,24)9-13(14)20/h12-14H,3-10H2,1-2H3/t13-,14+/m0/s1. The zero-order valence-corrected chi connectivity index (χ0v) is 15.6. The lowest BCUT2D eigenvalue weighted by Crippen LogP contribution is -2.61. The summed E-state index contributed by atoms with van der Waals surface area (Å²) in [5, 5.41) is 4.27. The average molecular weight is 367 g/mol. The molecule has 25 heavy (non-hydrogen) atoms. The third-order valence-electron chi connectivity index (χ3n) is 5.83. The second kappa shape index (κ2) is 6.05. The van der Waals surface area contributed by atoms with Crippen LogP contribution in [0.4, 0.5) is 0 Å². The van der Waals surface area contributed by atoms with Crippen molar-refractivity contribution in [2.45, 2.75) is 44.8 Å². The maximum Gasteiger partial charge on any atom is 0.226 e. The van der Waals surface area contributed by atoms with E-state index in [0.717, 1.165) is 25.1 Å². The van der Waals surface area contributed by atoms with Gasteiger partial charge in [0.2, 0.25) is 5.91 Å². The van der Waals surface area contributed by atoms with Gasteiger partial charge in [0.1, 0.15) is 11.6 Å². The molecule has 1 amide bonds. The minimum Gasteiger partial charge on any atom is -0.336 e.